The highest BCUT2D eigenvalue weighted by Crippen LogP contribution is 2.07. The summed E-state index contributed by atoms with van der Waals surface area (Å²) in [6, 6.07) is 0. The number of aromatic amines is 1. The summed E-state index contributed by atoms with van der Waals surface area (Å²) in [6.07, 6.45) is 0. The van der Waals surface area contributed by atoms with E-state index in [-0.39, 0.29) is 0 Å². The molecule has 1 aromatic heterocycles. The summed E-state index contributed by atoms with van der Waals surface area (Å²) < 4.78 is 0. The topological polar surface area (TPSA) is 82.9 Å². The molecular formula is C6H14N6. The monoisotopic (exact) mass is 170 g/mol. The Morgan fingerprint density at radius 1 is 1.67 bits per heavy atom. The number of hydrogen-bond donors (Lipinski definition) is 3. The number of nitrogens with one attached hydrogen (secondary N) is 2. The van der Waals surface area contributed by atoms with Crippen molar-refractivity contribution in [2.75, 3.05) is 25.1 Å². The Bertz CT molecular complexity index is 232. The second-order valence-corrected chi connectivity index (χ2v) is 2.56. The summed E-state index contributed by atoms with van der Waals surface area (Å²) in [5.41, 5.74) is 0.883. The maximum absolute atomic E-state index is 5.70. The first-order chi connectivity index (χ1) is 5.75. The zero-order valence-electron chi connectivity index (χ0n) is 7.33. The number of H-pyrrole nitrogens is 1. The van der Waals surface area contributed by atoms with Crippen molar-refractivity contribution >= 4 is 5.82 Å². The molecule has 0 spiro atoms. The van der Waals surface area contributed by atoms with Crippen LogP contribution in [0.1, 0.15) is 5.69 Å². The van der Waals surface area contributed by atoms with E-state index in [1.165, 1.54) is 0 Å². The normalized spacial score (nSPS) is 10.2. The van der Waals surface area contributed by atoms with E-state index in [0.717, 1.165) is 12.2 Å². The highest BCUT2D eigenvalue weighted by Gasteiger charge is 2.07. The van der Waals surface area contributed by atoms with Gasteiger partial charge < -0.3 is 5.32 Å². The molecule has 0 atom stereocenters. The summed E-state index contributed by atoms with van der Waals surface area (Å²) in [5, 5.41) is 14.8. The van der Waals surface area contributed by atoms with Crippen molar-refractivity contribution in [1.29, 1.82) is 0 Å². The fourth-order valence-electron chi connectivity index (χ4n) is 0.883. The van der Waals surface area contributed by atoms with Gasteiger partial charge in [-0.1, -0.05) is 5.21 Å². The third kappa shape index (κ3) is 1.93. The van der Waals surface area contributed by atoms with Crippen LogP contribution in [0.2, 0.25) is 0 Å². The number of hydrazine groups is 1. The van der Waals surface area contributed by atoms with Crippen molar-refractivity contribution in [1.82, 2.24) is 20.7 Å². The molecule has 0 unspecified atom stereocenters. The lowest BCUT2D eigenvalue weighted by Gasteiger charge is -2.14. The van der Waals surface area contributed by atoms with Crippen molar-refractivity contribution in [3.63, 3.8) is 0 Å². The zero-order valence-corrected chi connectivity index (χ0v) is 7.33. The Kier molecular flexibility index (Phi) is 3.01. The third-order valence-corrected chi connectivity index (χ3v) is 1.57. The average Bonchev–Trinajstić information content (AvgIpc) is 2.47. The van der Waals surface area contributed by atoms with Gasteiger partial charge in [-0.15, -0.1) is 5.10 Å². The van der Waals surface area contributed by atoms with E-state index in [9.17, 15) is 0 Å². The predicted molar refractivity (Wildman–Crippen MR) is 46.6 cm³/mol. The Hall–Kier alpha value is -1.14. The second-order valence-electron chi connectivity index (χ2n) is 2.56. The van der Waals surface area contributed by atoms with Gasteiger partial charge in [-0.25, -0.2) is 5.84 Å². The summed E-state index contributed by atoms with van der Waals surface area (Å²) in [4.78, 5) is 0. The van der Waals surface area contributed by atoms with Crippen LogP contribution in [0.4, 0.5) is 5.82 Å². The minimum Gasteiger partial charge on any atom is -0.318 e. The van der Waals surface area contributed by atoms with Gasteiger partial charge in [-0.05, 0) is 14.0 Å². The standard InChI is InChI=1S/C6H14N6/c1-5-6(10-11-9-5)12(7)4-3-8-2/h8H,3-4,7H2,1-2H3,(H,9,10,11). The number of rotatable bonds is 4. The molecule has 0 saturated heterocycles. The van der Waals surface area contributed by atoms with Gasteiger partial charge in [0.25, 0.3) is 0 Å². The number of nitrogens with two attached hydrogens (primary N) is 1. The minimum atomic E-state index is 0.699. The van der Waals surface area contributed by atoms with Crippen molar-refractivity contribution < 1.29 is 0 Å². The van der Waals surface area contributed by atoms with Crippen LogP contribution in [0.15, 0.2) is 0 Å². The fraction of sp³-hybridized carbons (Fsp3) is 0.667. The van der Waals surface area contributed by atoms with Crippen LogP contribution >= 0.6 is 0 Å². The zero-order chi connectivity index (χ0) is 8.97. The van der Waals surface area contributed by atoms with E-state index in [1.807, 2.05) is 14.0 Å². The van der Waals surface area contributed by atoms with Gasteiger partial charge in [0.05, 0.1) is 5.69 Å². The van der Waals surface area contributed by atoms with Gasteiger partial charge in [-0.2, -0.15) is 0 Å². The molecule has 0 fully saturated rings. The third-order valence-electron chi connectivity index (χ3n) is 1.57. The number of nitrogens with zero attached hydrogens (tertiary/aromatic N) is 3. The molecule has 0 saturated carbocycles. The first kappa shape index (κ1) is 8.95. The number of anilines is 1. The highest BCUT2D eigenvalue weighted by atomic mass is 15.5. The smallest absolute Gasteiger partial charge is 0.187 e. The molecule has 6 nitrogen and oxygen atoms in total. The number of hydrogen-bond acceptors (Lipinski definition) is 5. The average molecular weight is 170 g/mol. The summed E-state index contributed by atoms with van der Waals surface area (Å²) in [6.45, 7) is 3.42. The van der Waals surface area contributed by atoms with Crippen molar-refractivity contribution in [2.24, 2.45) is 5.84 Å². The van der Waals surface area contributed by atoms with Crippen LogP contribution in [0.3, 0.4) is 0 Å². The van der Waals surface area contributed by atoms with Gasteiger partial charge in [0, 0.05) is 13.1 Å². The summed E-state index contributed by atoms with van der Waals surface area (Å²) >= 11 is 0. The molecule has 68 valence electrons. The number of aromatic nitrogens is 3. The molecular weight excluding hydrogens is 156 g/mol. The second kappa shape index (κ2) is 4.03. The molecule has 12 heavy (non-hydrogen) atoms. The van der Waals surface area contributed by atoms with Crippen molar-refractivity contribution in [3.05, 3.63) is 5.69 Å². The molecule has 1 aromatic rings. The molecule has 0 radical (unpaired) electrons. The fourth-order valence-corrected chi connectivity index (χ4v) is 0.883. The van der Waals surface area contributed by atoms with Gasteiger partial charge in [0.1, 0.15) is 0 Å². The van der Waals surface area contributed by atoms with Crippen LogP contribution in [0, 0.1) is 6.92 Å². The molecule has 0 aromatic carbocycles. The molecule has 0 bridgehead atoms. The maximum atomic E-state index is 5.70. The SMILES string of the molecule is CNCCN(N)c1nn[nH]c1C. The molecule has 0 aliphatic heterocycles. The van der Waals surface area contributed by atoms with Crippen LogP contribution in [-0.2, 0) is 0 Å². The Morgan fingerprint density at radius 3 is 2.92 bits per heavy atom. The lowest BCUT2D eigenvalue weighted by Crippen LogP contribution is -2.37. The van der Waals surface area contributed by atoms with Crippen molar-refractivity contribution in [2.45, 2.75) is 6.92 Å². The first-order valence-corrected chi connectivity index (χ1v) is 3.80. The van der Waals surface area contributed by atoms with Gasteiger partial charge in [0.15, 0.2) is 5.82 Å². The minimum absolute atomic E-state index is 0.699. The quantitative estimate of drug-likeness (QED) is 0.399. The maximum Gasteiger partial charge on any atom is 0.187 e. The Balaban J connectivity index is 2.52. The molecule has 4 N–H and O–H groups in total. The Labute approximate surface area is 71.1 Å². The van der Waals surface area contributed by atoms with E-state index in [4.69, 9.17) is 5.84 Å². The Morgan fingerprint density at radius 2 is 2.42 bits per heavy atom. The van der Waals surface area contributed by atoms with E-state index in [2.05, 4.69) is 20.7 Å². The largest absolute Gasteiger partial charge is 0.318 e. The first-order valence-electron chi connectivity index (χ1n) is 3.80. The van der Waals surface area contributed by atoms with Gasteiger partial charge >= 0.3 is 0 Å². The molecule has 6 heteroatoms. The van der Waals surface area contributed by atoms with Gasteiger partial charge in [0.2, 0.25) is 0 Å². The van der Waals surface area contributed by atoms with Crippen LogP contribution in [0.5, 0.6) is 0 Å². The number of aryl methyl sites for hydroxylation is 1. The summed E-state index contributed by atoms with van der Waals surface area (Å²) in [5.74, 6) is 6.40. The molecule has 1 heterocycles. The predicted octanol–water partition coefficient (Wildman–Crippen LogP) is -0.987. The molecule has 1 rings (SSSR count). The van der Waals surface area contributed by atoms with Crippen LogP contribution in [0.25, 0.3) is 0 Å². The van der Waals surface area contributed by atoms with E-state index < -0.39 is 0 Å². The van der Waals surface area contributed by atoms with Crippen molar-refractivity contribution in [3.8, 4) is 0 Å². The number of likely N-dealkylation sites (N-methyl/N-ethyl adjacent to an activating group) is 1. The molecule has 0 amide bonds. The van der Waals surface area contributed by atoms with Gasteiger partial charge in [-0.3, -0.25) is 10.1 Å². The highest BCUT2D eigenvalue weighted by molar-refractivity contribution is 5.39. The lowest BCUT2D eigenvalue weighted by molar-refractivity contribution is 0.732. The molecule has 0 aliphatic rings. The van der Waals surface area contributed by atoms with E-state index >= 15 is 0 Å². The lowest BCUT2D eigenvalue weighted by atomic mass is 10.4. The van der Waals surface area contributed by atoms with E-state index in [1.54, 1.807) is 5.01 Å². The summed E-state index contributed by atoms with van der Waals surface area (Å²) in [7, 11) is 1.88. The molecule has 0 aliphatic carbocycles. The van der Waals surface area contributed by atoms with Crippen LogP contribution in [-0.4, -0.2) is 35.5 Å². The van der Waals surface area contributed by atoms with Crippen LogP contribution < -0.4 is 16.2 Å². The van der Waals surface area contributed by atoms with E-state index in [0.29, 0.717) is 12.4 Å².